The molecule has 0 fully saturated rings. The molecule has 0 radical (unpaired) electrons. The van der Waals surface area contributed by atoms with Crippen molar-refractivity contribution < 1.29 is 14.5 Å². The Bertz CT molecular complexity index is 1010. The summed E-state index contributed by atoms with van der Waals surface area (Å²) >= 11 is 6.07. The molecule has 3 rings (SSSR count). The normalized spacial score (nSPS) is 11.5. The number of rotatable bonds is 8. The molecule has 0 heterocycles. The molecule has 3 aromatic carbocycles. The molecule has 154 valence electrons. The molecule has 1 unspecified atom stereocenters. The minimum Gasteiger partial charge on any atom is -0.322 e. The second kappa shape index (κ2) is 10.6. The van der Waals surface area contributed by atoms with Crippen molar-refractivity contribution in [3.05, 3.63) is 95.0 Å². The van der Waals surface area contributed by atoms with Gasteiger partial charge >= 0.3 is 0 Å². The molecule has 0 spiro atoms. The molecule has 1 atom stereocenters. The first kappa shape index (κ1) is 21.6. The average Bonchev–Trinajstić information content (AvgIpc) is 2.72. The first-order valence-corrected chi connectivity index (χ1v) is 10.2. The Hall–Kier alpha value is -3.15. The number of halogens is 1. The fourth-order valence-corrected chi connectivity index (χ4v) is 3.36. The van der Waals surface area contributed by atoms with Crippen molar-refractivity contribution >= 4 is 34.8 Å². The molecular weight excluding hydrogens is 398 g/mol. The summed E-state index contributed by atoms with van der Waals surface area (Å²) in [5, 5.41) is 6.24. The lowest BCUT2D eigenvalue weighted by Crippen LogP contribution is -3.11. The first-order chi connectivity index (χ1) is 14.5. The molecule has 0 aliphatic carbocycles. The third-order valence-corrected chi connectivity index (χ3v) is 4.93. The summed E-state index contributed by atoms with van der Waals surface area (Å²) in [4.78, 5) is 25.6. The van der Waals surface area contributed by atoms with Crippen LogP contribution in [0.4, 0.5) is 11.4 Å². The number of amides is 2. The van der Waals surface area contributed by atoms with Crippen molar-refractivity contribution in [3.8, 4) is 0 Å². The van der Waals surface area contributed by atoms with Gasteiger partial charge in [0.1, 0.15) is 0 Å². The minimum atomic E-state index is -0.196. The summed E-state index contributed by atoms with van der Waals surface area (Å²) in [5.41, 5.74) is 3.58. The largest absolute Gasteiger partial charge is 0.322 e. The third kappa shape index (κ3) is 6.44. The number of likely N-dealkylation sites (N-methyl/N-ethyl adjacent to an activating group) is 1. The van der Waals surface area contributed by atoms with Crippen LogP contribution in [0.5, 0.6) is 0 Å². The summed E-state index contributed by atoms with van der Waals surface area (Å²) in [6.07, 6.45) is 0.736. The Morgan fingerprint density at radius 1 is 0.767 bits per heavy atom. The molecule has 5 nitrogen and oxygen atoms in total. The Kier molecular flexibility index (Phi) is 7.60. The fraction of sp³-hybridized carbons (Fsp3) is 0.167. The van der Waals surface area contributed by atoms with Gasteiger partial charge in [-0.1, -0.05) is 72.3 Å². The van der Waals surface area contributed by atoms with E-state index in [4.69, 9.17) is 11.6 Å². The Morgan fingerprint density at radius 3 is 1.97 bits per heavy atom. The van der Waals surface area contributed by atoms with Crippen LogP contribution in [-0.4, -0.2) is 32.0 Å². The highest BCUT2D eigenvalue weighted by Crippen LogP contribution is 2.20. The van der Waals surface area contributed by atoms with Crippen molar-refractivity contribution in [2.24, 2.45) is 0 Å². The zero-order valence-corrected chi connectivity index (χ0v) is 17.6. The van der Waals surface area contributed by atoms with Gasteiger partial charge in [-0.2, -0.15) is 0 Å². The Labute approximate surface area is 181 Å². The topological polar surface area (TPSA) is 62.6 Å². The number of hydrogen-bond donors (Lipinski definition) is 3. The van der Waals surface area contributed by atoms with Crippen LogP contribution >= 0.6 is 11.6 Å². The molecule has 0 saturated carbocycles. The second-order valence-electron chi connectivity index (χ2n) is 7.21. The zero-order chi connectivity index (χ0) is 21.3. The van der Waals surface area contributed by atoms with E-state index in [0.29, 0.717) is 10.7 Å². The number of carbonyl (C=O) groups excluding carboxylic acids is 2. The van der Waals surface area contributed by atoms with Gasteiger partial charge in [0.05, 0.1) is 17.8 Å². The lowest BCUT2D eigenvalue weighted by Gasteiger charge is -2.15. The first-order valence-electron chi connectivity index (χ1n) is 9.78. The maximum atomic E-state index is 12.5. The van der Waals surface area contributed by atoms with Crippen molar-refractivity contribution in [1.29, 1.82) is 0 Å². The van der Waals surface area contributed by atoms with E-state index in [9.17, 15) is 9.59 Å². The van der Waals surface area contributed by atoms with E-state index in [1.807, 2.05) is 49.5 Å². The molecule has 2 amide bonds. The van der Waals surface area contributed by atoms with Gasteiger partial charge in [0, 0.05) is 5.69 Å². The Balaban J connectivity index is 1.54. The number of quaternary nitrogens is 1. The van der Waals surface area contributed by atoms with Crippen LogP contribution in [0, 0.1) is 0 Å². The molecule has 0 saturated heterocycles. The van der Waals surface area contributed by atoms with Crippen molar-refractivity contribution in [2.45, 2.75) is 6.42 Å². The van der Waals surface area contributed by atoms with Crippen molar-refractivity contribution in [2.75, 3.05) is 30.8 Å². The maximum Gasteiger partial charge on any atom is 0.279 e. The van der Waals surface area contributed by atoms with E-state index >= 15 is 0 Å². The van der Waals surface area contributed by atoms with E-state index in [-0.39, 0.29) is 24.9 Å². The van der Waals surface area contributed by atoms with Gasteiger partial charge in [0.25, 0.3) is 11.8 Å². The molecule has 3 aromatic rings. The molecule has 6 heteroatoms. The van der Waals surface area contributed by atoms with E-state index in [1.54, 1.807) is 24.3 Å². The molecule has 3 N–H and O–H groups in total. The monoisotopic (exact) mass is 422 g/mol. The number of nitrogens with one attached hydrogen (secondary N) is 3. The van der Waals surface area contributed by atoms with Gasteiger partial charge in [-0.25, -0.2) is 0 Å². The lowest BCUT2D eigenvalue weighted by molar-refractivity contribution is -0.862. The van der Waals surface area contributed by atoms with Gasteiger partial charge in [0.15, 0.2) is 13.1 Å². The highest BCUT2D eigenvalue weighted by Gasteiger charge is 2.16. The number of benzene rings is 3. The summed E-state index contributed by atoms with van der Waals surface area (Å²) in [7, 11) is 1.81. The molecule has 0 bridgehead atoms. The van der Waals surface area contributed by atoms with Crippen LogP contribution < -0.4 is 15.5 Å². The van der Waals surface area contributed by atoms with E-state index in [1.165, 1.54) is 5.56 Å². The van der Waals surface area contributed by atoms with Gasteiger partial charge in [0.2, 0.25) is 0 Å². The SMILES string of the molecule is C[NH+](CC(=O)Nc1ccccc1Cl)CC(=O)Nc1ccccc1Cc1ccccc1. The molecule has 0 aliphatic rings. The highest BCUT2D eigenvalue weighted by molar-refractivity contribution is 6.33. The van der Waals surface area contributed by atoms with Crippen LogP contribution in [-0.2, 0) is 16.0 Å². The van der Waals surface area contributed by atoms with Crippen molar-refractivity contribution in [3.63, 3.8) is 0 Å². The third-order valence-electron chi connectivity index (χ3n) is 4.60. The average molecular weight is 423 g/mol. The summed E-state index contributed by atoms with van der Waals surface area (Å²) in [5.74, 6) is -0.337. The second-order valence-corrected chi connectivity index (χ2v) is 7.61. The standard InChI is InChI=1S/C24H24ClN3O2/c1-28(17-24(30)27-22-14-8-6-12-20(22)25)16-23(29)26-21-13-7-5-11-19(21)15-18-9-3-2-4-10-18/h2-14H,15-17H2,1H3,(H,26,29)(H,27,30)/p+1. The lowest BCUT2D eigenvalue weighted by atomic mass is 10.0. The predicted molar refractivity (Wildman–Crippen MR) is 121 cm³/mol. The summed E-state index contributed by atoms with van der Waals surface area (Å²) in [6.45, 7) is 0.333. The fourth-order valence-electron chi connectivity index (χ4n) is 3.17. The number of para-hydroxylation sites is 2. The van der Waals surface area contributed by atoms with Crippen LogP contribution in [0.1, 0.15) is 11.1 Å². The molecule has 0 aromatic heterocycles. The van der Waals surface area contributed by atoms with Crippen LogP contribution in [0.3, 0.4) is 0 Å². The quantitative estimate of drug-likeness (QED) is 0.522. The summed E-state index contributed by atoms with van der Waals surface area (Å²) < 4.78 is 0. The van der Waals surface area contributed by atoms with E-state index in [2.05, 4.69) is 22.8 Å². The molecule has 30 heavy (non-hydrogen) atoms. The number of hydrogen-bond acceptors (Lipinski definition) is 2. The number of anilines is 2. The molecular formula is C24H25ClN3O2+. The number of carbonyl (C=O) groups is 2. The van der Waals surface area contributed by atoms with Gasteiger partial charge in [-0.05, 0) is 35.7 Å². The van der Waals surface area contributed by atoms with Gasteiger partial charge in [-0.15, -0.1) is 0 Å². The van der Waals surface area contributed by atoms with Crippen LogP contribution in [0.2, 0.25) is 5.02 Å². The smallest absolute Gasteiger partial charge is 0.279 e. The van der Waals surface area contributed by atoms with E-state index < -0.39 is 0 Å². The Morgan fingerprint density at radius 2 is 1.30 bits per heavy atom. The van der Waals surface area contributed by atoms with Crippen LogP contribution in [0.25, 0.3) is 0 Å². The minimum absolute atomic E-state index is 0.140. The van der Waals surface area contributed by atoms with Crippen molar-refractivity contribution in [1.82, 2.24) is 0 Å². The van der Waals surface area contributed by atoms with Crippen LogP contribution in [0.15, 0.2) is 78.9 Å². The maximum absolute atomic E-state index is 12.5. The highest BCUT2D eigenvalue weighted by atomic mass is 35.5. The molecule has 0 aliphatic heterocycles. The van der Waals surface area contributed by atoms with E-state index in [0.717, 1.165) is 22.6 Å². The predicted octanol–water partition coefficient (Wildman–Crippen LogP) is 3.02. The van der Waals surface area contributed by atoms with Gasteiger partial charge in [-0.3, -0.25) is 9.59 Å². The van der Waals surface area contributed by atoms with Gasteiger partial charge < -0.3 is 15.5 Å². The summed E-state index contributed by atoms with van der Waals surface area (Å²) in [6, 6.07) is 25.0. The zero-order valence-electron chi connectivity index (χ0n) is 16.8.